The number of aryl methyl sites for hydroxylation is 2. The van der Waals surface area contributed by atoms with E-state index in [0.29, 0.717) is 5.16 Å². The van der Waals surface area contributed by atoms with Crippen molar-refractivity contribution in [2.24, 2.45) is 5.73 Å². The fraction of sp³-hybridized carbons (Fsp3) is 0.174. The highest BCUT2D eigenvalue weighted by Gasteiger charge is 2.17. The minimum absolute atomic E-state index is 0.00435. The average Bonchev–Trinajstić information content (AvgIpc) is 3.13. The molecule has 0 bridgehead atoms. The summed E-state index contributed by atoms with van der Waals surface area (Å²) in [6.07, 6.45) is 1.97. The molecule has 146 valence electrons. The van der Waals surface area contributed by atoms with Gasteiger partial charge in [-0.05, 0) is 50.1 Å². The maximum absolute atomic E-state index is 12.4. The smallest absolute Gasteiger partial charge is 0.185 e. The van der Waals surface area contributed by atoms with Crippen molar-refractivity contribution >= 4 is 17.5 Å². The minimum atomic E-state index is -0.298. The molecule has 0 amide bonds. The molecule has 1 heterocycles. The molecule has 0 saturated carbocycles. The number of para-hydroxylation sites is 1. The fourth-order valence-corrected chi connectivity index (χ4v) is 3.72. The summed E-state index contributed by atoms with van der Waals surface area (Å²) in [7, 11) is 0. The number of ketones is 1. The second kappa shape index (κ2) is 8.80. The van der Waals surface area contributed by atoms with Crippen LogP contribution in [0, 0.1) is 25.2 Å². The van der Waals surface area contributed by atoms with Gasteiger partial charge in [0, 0.05) is 23.1 Å². The number of nitrogens with two attached hydrogens (primary N) is 1. The Morgan fingerprint density at radius 3 is 2.52 bits per heavy atom. The SMILES string of the molecule is C/C(N)=C(\C#N)C(=O)CSc1nc(-c2ccc(C)c(C)c2)cn1-c1ccccc1. The van der Waals surface area contributed by atoms with E-state index in [2.05, 4.69) is 26.0 Å². The zero-order valence-corrected chi connectivity index (χ0v) is 17.5. The molecule has 3 rings (SSSR count). The monoisotopic (exact) mass is 402 g/mol. The normalized spacial score (nSPS) is 11.7. The second-order valence-corrected chi connectivity index (χ2v) is 7.74. The number of hydrogen-bond donors (Lipinski definition) is 1. The van der Waals surface area contributed by atoms with Gasteiger partial charge in [-0.1, -0.05) is 42.1 Å². The molecule has 0 aliphatic heterocycles. The van der Waals surface area contributed by atoms with E-state index >= 15 is 0 Å². The van der Waals surface area contributed by atoms with Crippen molar-refractivity contribution in [2.75, 3.05) is 5.75 Å². The number of Topliss-reactive ketones (excluding diaryl/α,β-unsaturated/α-hetero) is 1. The number of carbonyl (C=O) groups excluding carboxylic acids is 1. The Balaban J connectivity index is 1.98. The van der Waals surface area contributed by atoms with Crippen molar-refractivity contribution in [3.05, 3.63) is 77.1 Å². The molecule has 5 nitrogen and oxygen atoms in total. The molecule has 0 atom stereocenters. The first kappa shape index (κ1) is 20.4. The molecule has 0 aliphatic carbocycles. The van der Waals surface area contributed by atoms with Gasteiger partial charge >= 0.3 is 0 Å². The van der Waals surface area contributed by atoms with Crippen molar-refractivity contribution in [3.63, 3.8) is 0 Å². The molecule has 0 spiro atoms. The molecule has 0 aliphatic rings. The van der Waals surface area contributed by atoms with Crippen molar-refractivity contribution in [3.8, 4) is 23.0 Å². The third kappa shape index (κ3) is 4.58. The van der Waals surface area contributed by atoms with Crippen LogP contribution in [0.1, 0.15) is 18.1 Å². The minimum Gasteiger partial charge on any atom is -0.401 e. The standard InChI is InChI=1S/C23H22N4OS/c1-15-9-10-18(11-16(15)2)21-13-27(19-7-5-4-6-8-19)23(26-21)29-14-22(28)20(12-24)17(3)25/h4-11,13H,14,25H2,1-3H3/b20-17-. The third-order valence-corrected chi connectivity index (χ3v) is 5.58. The molecule has 0 radical (unpaired) electrons. The molecule has 0 unspecified atom stereocenters. The molecular weight excluding hydrogens is 380 g/mol. The average molecular weight is 403 g/mol. The van der Waals surface area contributed by atoms with Gasteiger partial charge in [-0.2, -0.15) is 5.26 Å². The topological polar surface area (TPSA) is 84.7 Å². The number of hydrogen-bond acceptors (Lipinski definition) is 5. The van der Waals surface area contributed by atoms with E-state index in [-0.39, 0.29) is 22.8 Å². The van der Waals surface area contributed by atoms with Crippen molar-refractivity contribution in [1.82, 2.24) is 9.55 Å². The molecule has 2 aromatic carbocycles. The maximum atomic E-state index is 12.4. The van der Waals surface area contributed by atoms with Gasteiger partial charge in [0.15, 0.2) is 10.9 Å². The summed E-state index contributed by atoms with van der Waals surface area (Å²) in [5.74, 6) is -0.207. The summed E-state index contributed by atoms with van der Waals surface area (Å²) in [4.78, 5) is 17.2. The Morgan fingerprint density at radius 2 is 1.90 bits per heavy atom. The van der Waals surface area contributed by atoms with Crippen molar-refractivity contribution in [1.29, 1.82) is 5.26 Å². The first-order valence-electron chi connectivity index (χ1n) is 9.15. The van der Waals surface area contributed by atoms with E-state index in [1.165, 1.54) is 22.9 Å². The van der Waals surface area contributed by atoms with Gasteiger partial charge in [-0.25, -0.2) is 4.98 Å². The van der Waals surface area contributed by atoms with E-state index in [1.807, 2.05) is 53.2 Å². The summed E-state index contributed by atoms with van der Waals surface area (Å²) >= 11 is 1.30. The highest BCUT2D eigenvalue weighted by atomic mass is 32.2. The van der Waals surface area contributed by atoms with E-state index < -0.39 is 0 Å². The summed E-state index contributed by atoms with van der Waals surface area (Å²) in [5.41, 5.74) is 11.1. The zero-order valence-electron chi connectivity index (χ0n) is 16.6. The largest absolute Gasteiger partial charge is 0.401 e. The van der Waals surface area contributed by atoms with Crippen LogP contribution >= 0.6 is 11.8 Å². The maximum Gasteiger partial charge on any atom is 0.185 e. The van der Waals surface area contributed by atoms with Crippen LogP contribution in [0.4, 0.5) is 0 Å². The summed E-state index contributed by atoms with van der Waals surface area (Å²) in [6.45, 7) is 5.71. The van der Waals surface area contributed by atoms with Crippen molar-refractivity contribution < 1.29 is 4.79 Å². The van der Waals surface area contributed by atoms with Gasteiger partial charge in [0.25, 0.3) is 0 Å². The first-order valence-corrected chi connectivity index (χ1v) is 10.1. The first-order chi connectivity index (χ1) is 13.9. The molecule has 3 aromatic rings. The van der Waals surface area contributed by atoms with Gasteiger partial charge in [-0.15, -0.1) is 0 Å². The van der Waals surface area contributed by atoms with Gasteiger partial charge in [-0.3, -0.25) is 9.36 Å². The Hall–Kier alpha value is -3.30. The van der Waals surface area contributed by atoms with E-state index in [1.54, 1.807) is 6.92 Å². The van der Waals surface area contributed by atoms with Crippen LogP contribution in [0.3, 0.4) is 0 Å². The Bertz CT molecular complexity index is 1120. The summed E-state index contributed by atoms with van der Waals surface area (Å²) in [5, 5.41) is 9.84. The van der Waals surface area contributed by atoms with Crippen LogP contribution < -0.4 is 5.73 Å². The lowest BCUT2D eigenvalue weighted by Gasteiger charge is -2.06. The lowest BCUT2D eigenvalue weighted by atomic mass is 10.0. The van der Waals surface area contributed by atoms with Gasteiger partial charge in [0.2, 0.25) is 0 Å². The molecular formula is C23H22N4OS. The van der Waals surface area contributed by atoms with E-state index in [9.17, 15) is 4.79 Å². The zero-order chi connectivity index (χ0) is 21.0. The molecule has 2 N–H and O–H groups in total. The van der Waals surface area contributed by atoms with Crippen LogP contribution in [0.2, 0.25) is 0 Å². The summed E-state index contributed by atoms with van der Waals surface area (Å²) in [6, 6.07) is 18.0. The number of nitrogens with zero attached hydrogens (tertiary/aromatic N) is 3. The van der Waals surface area contributed by atoms with Crippen LogP contribution in [0.5, 0.6) is 0 Å². The fourth-order valence-electron chi connectivity index (χ4n) is 2.85. The van der Waals surface area contributed by atoms with E-state index in [0.717, 1.165) is 16.9 Å². The lowest BCUT2D eigenvalue weighted by Crippen LogP contribution is -2.10. The third-order valence-electron chi connectivity index (χ3n) is 4.63. The number of benzene rings is 2. The van der Waals surface area contributed by atoms with Gasteiger partial charge in [0.05, 0.1) is 11.4 Å². The Labute approximate surface area is 174 Å². The van der Waals surface area contributed by atoms with Gasteiger partial charge < -0.3 is 5.73 Å². The predicted molar refractivity (Wildman–Crippen MR) is 117 cm³/mol. The number of aromatic nitrogens is 2. The van der Waals surface area contributed by atoms with Crippen LogP contribution in [-0.4, -0.2) is 21.1 Å². The number of imidazole rings is 1. The molecule has 29 heavy (non-hydrogen) atoms. The Morgan fingerprint density at radius 1 is 1.17 bits per heavy atom. The summed E-state index contributed by atoms with van der Waals surface area (Å²) < 4.78 is 1.97. The quantitative estimate of drug-likeness (QED) is 0.371. The number of nitriles is 1. The van der Waals surface area contributed by atoms with Crippen LogP contribution in [0.25, 0.3) is 16.9 Å². The van der Waals surface area contributed by atoms with Crippen LogP contribution in [0.15, 0.2) is 71.2 Å². The Kier molecular flexibility index (Phi) is 6.20. The highest BCUT2D eigenvalue weighted by Crippen LogP contribution is 2.28. The molecule has 6 heteroatoms. The second-order valence-electron chi connectivity index (χ2n) is 6.79. The molecule has 0 saturated heterocycles. The predicted octanol–water partition coefficient (Wildman–Crippen LogP) is 4.57. The highest BCUT2D eigenvalue weighted by molar-refractivity contribution is 7.99. The lowest BCUT2D eigenvalue weighted by molar-refractivity contribution is -0.112. The van der Waals surface area contributed by atoms with E-state index in [4.69, 9.17) is 16.0 Å². The number of carbonyl (C=O) groups is 1. The van der Waals surface area contributed by atoms with Crippen molar-refractivity contribution in [2.45, 2.75) is 25.9 Å². The van der Waals surface area contributed by atoms with Crippen LogP contribution in [-0.2, 0) is 4.79 Å². The number of allylic oxidation sites excluding steroid dienone is 2. The molecule has 1 aromatic heterocycles. The molecule has 0 fully saturated rings. The van der Waals surface area contributed by atoms with Gasteiger partial charge in [0.1, 0.15) is 11.6 Å². The number of rotatable bonds is 6. The number of thioether (sulfide) groups is 1.